The number of hydrogen-bond acceptors (Lipinski definition) is 4. The van der Waals surface area contributed by atoms with Gasteiger partial charge in [-0.05, 0) is 25.3 Å². The molecule has 0 aromatic heterocycles. The average molecular weight is 237 g/mol. The molecule has 0 aliphatic heterocycles. The molecule has 5 nitrogen and oxygen atoms in total. The number of benzene rings is 1. The molecule has 0 bridgehead atoms. The first-order valence-electron chi connectivity index (χ1n) is 5.70. The average Bonchev–Trinajstić information content (AvgIpc) is 2.19. The quantitative estimate of drug-likeness (QED) is 0.468. The van der Waals surface area contributed by atoms with Crippen LogP contribution >= 0.6 is 0 Å². The standard InChI is InChI=1S/C12H19N3O2/c1-8(2)6-9(3)14-12-5-4-10(15(16)17)7-11(12)13/h4-5,7-9,14H,6,13H2,1-3H3. The Kier molecular flexibility index (Phi) is 4.31. The lowest BCUT2D eigenvalue weighted by molar-refractivity contribution is -0.384. The number of nitro groups is 1. The topological polar surface area (TPSA) is 81.2 Å². The summed E-state index contributed by atoms with van der Waals surface area (Å²) in [6.45, 7) is 6.37. The van der Waals surface area contributed by atoms with E-state index in [1.807, 2.05) is 0 Å². The second kappa shape index (κ2) is 5.52. The van der Waals surface area contributed by atoms with E-state index in [1.54, 1.807) is 6.07 Å². The number of nitrogens with zero attached hydrogens (tertiary/aromatic N) is 1. The minimum atomic E-state index is -0.447. The van der Waals surface area contributed by atoms with E-state index in [9.17, 15) is 10.1 Å². The Balaban J connectivity index is 2.75. The first-order chi connectivity index (χ1) is 7.90. The number of hydrogen-bond donors (Lipinski definition) is 2. The van der Waals surface area contributed by atoms with E-state index < -0.39 is 4.92 Å². The summed E-state index contributed by atoms with van der Waals surface area (Å²) in [5.41, 5.74) is 6.95. The van der Waals surface area contributed by atoms with Crippen LogP contribution in [0.25, 0.3) is 0 Å². The van der Waals surface area contributed by atoms with Crippen molar-refractivity contribution in [1.82, 2.24) is 0 Å². The lowest BCUT2D eigenvalue weighted by Crippen LogP contribution is -2.18. The second-order valence-electron chi connectivity index (χ2n) is 4.70. The third kappa shape index (κ3) is 3.94. The smallest absolute Gasteiger partial charge is 0.271 e. The second-order valence-corrected chi connectivity index (χ2v) is 4.70. The van der Waals surface area contributed by atoms with Crippen molar-refractivity contribution in [3.8, 4) is 0 Å². The highest BCUT2D eigenvalue weighted by molar-refractivity contribution is 5.69. The molecule has 1 unspecified atom stereocenters. The van der Waals surface area contributed by atoms with Crippen molar-refractivity contribution in [3.63, 3.8) is 0 Å². The predicted molar refractivity (Wildman–Crippen MR) is 70.0 cm³/mol. The molecule has 5 heteroatoms. The van der Waals surface area contributed by atoms with Gasteiger partial charge in [-0.3, -0.25) is 10.1 Å². The number of nitrogens with two attached hydrogens (primary N) is 1. The molecule has 3 N–H and O–H groups in total. The Labute approximate surface area is 101 Å². The Morgan fingerprint density at radius 3 is 2.53 bits per heavy atom. The molecule has 94 valence electrons. The van der Waals surface area contributed by atoms with Gasteiger partial charge in [0.05, 0.1) is 16.3 Å². The monoisotopic (exact) mass is 237 g/mol. The van der Waals surface area contributed by atoms with Crippen LogP contribution in [0.5, 0.6) is 0 Å². The van der Waals surface area contributed by atoms with E-state index in [0.717, 1.165) is 12.1 Å². The maximum absolute atomic E-state index is 10.6. The summed E-state index contributed by atoms with van der Waals surface area (Å²) in [5, 5.41) is 13.8. The van der Waals surface area contributed by atoms with E-state index >= 15 is 0 Å². The van der Waals surface area contributed by atoms with E-state index in [4.69, 9.17) is 5.73 Å². The molecule has 0 spiro atoms. The molecule has 0 aliphatic carbocycles. The van der Waals surface area contributed by atoms with Crippen molar-refractivity contribution in [2.24, 2.45) is 5.92 Å². The van der Waals surface area contributed by atoms with Crippen LogP contribution in [0.4, 0.5) is 17.1 Å². The van der Waals surface area contributed by atoms with Crippen LogP contribution < -0.4 is 11.1 Å². The Morgan fingerprint density at radius 1 is 1.41 bits per heavy atom. The zero-order chi connectivity index (χ0) is 13.0. The van der Waals surface area contributed by atoms with Crippen molar-refractivity contribution < 1.29 is 4.92 Å². The number of nitro benzene ring substituents is 1. The first-order valence-corrected chi connectivity index (χ1v) is 5.70. The van der Waals surface area contributed by atoms with E-state index in [2.05, 4.69) is 26.1 Å². The van der Waals surface area contributed by atoms with Crippen LogP contribution in [0.2, 0.25) is 0 Å². The van der Waals surface area contributed by atoms with E-state index in [0.29, 0.717) is 17.6 Å². The molecule has 1 atom stereocenters. The van der Waals surface area contributed by atoms with Crippen LogP contribution in [0.1, 0.15) is 27.2 Å². The van der Waals surface area contributed by atoms with Gasteiger partial charge in [0.1, 0.15) is 0 Å². The van der Waals surface area contributed by atoms with Crippen molar-refractivity contribution in [3.05, 3.63) is 28.3 Å². The van der Waals surface area contributed by atoms with Crippen molar-refractivity contribution in [2.75, 3.05) is 11.1 Å². The van der Waals surface area contributed by atoms with Gasteiger partial charge in [0.15, 0.2) is 0 Å². The summed E-state index contributed by atoms with van der Waals surface area (Å²) in [7, 11) is 0. The molecule has 17 heavy (non-hydrogen) atoms. The predicted octanol–water partition coefficient (Wildman–Crippen LogP) is 3.02. The summed E-state index contributed by atoms with van der Waals surface area (Å²) in [6, 6.07) is 4.79. The van der Waals surface area contributed by atoms with Gasteiger partial charge in [0, 0.05) is 18.2 Å². The summed E-state index contributed by atoms with van der Waals surface area (Å²) >= 11 is 0. The van der Waals surface area contributed by atoms with Gasteiger partial charge in [-0.15, -0.1) is 0 Å². The Bertz CT molecular complexity index is 405. The maximum atomic E-state index is 10.6. The number of anilines is 2. The number of nitrogens with one attached hydrogen (secondary N) is 1. The Morgan fingerprint density at radius 2 is 2.06 bits per heavy atom. The molecular weight excluding hydrogens is 218 g/mol. The fraction of sp³-hybridized carbons (Fsp3) is 0.500. The molecule has 0 saturated carbocycles. The van der Waals surface area contributed by atoms with Gasteiger partial charge in [-0.2, -0.15) is 0 Å². The van der Waals surface area contributed by atoms with Crippen LogP contribution in [0.15, 0.2) is 18.2 Å². The molecule has 1 rings (SSSR count). The largest absolute Gasteiger partial charge is 0.397 e. The molecule has 0 heterocycles. The van der Waals surface area contributed by atoms with Crippen LogP contribution in [-0.2, 0) is 0 Å². The molecular formula is C12H19N3O2. The number of rotatable bonds is 5. The zero-order valence-electron chi connectivity index (χ0n) is 10.4. The third-order valence-corrected chi connectivity index (χ3v) is 2.47. The van der Waals surface area contributed by atoms with Gasteiger partial charge in [-0.25, -0.2) is 0 Å². The van der Waals surface area contributed by atoms with Crippen LogP contribution in [0.3, 0.4) is 0 Å². The number of nitrogen functional groups attached to an aromatic ring is 1. The van der Waals surface area contributed by atoms with Crippen LogP contribution in [0, 0.1) is 16.0 Å². The van der Waals surface area contributed by atoms with Gasteiger partial charge < -0.3 is 11.1 Å². The first kappa shape index (κ1) is 13.3. The molecule has 0 saturated heterocycles. The Hall–Kier alpha value is -1.78. The van der Waals surface area contributed by atoms with E-state index in [1.165, 1.54) is 12.1 Å². The summed E-state index contributed by atoms with van der Waals surface area (Å²) < 4.78 is 0. The minimum Gasteiger partial charge on any atom is -0.397 e. The maximum Gasteiger partial charge on any atom is 0.271 e. The van der Waals surface area contributed by atoms with Gasteiger partial charge in [-0.1, -0.05) is 13.8 Å². The fourth-order valence-electron chi connectivity index (χ4n) is 1.83. The van der Waals surface area contributed by atoms with Crippen molar-refractivity contribution >= 4 is 17.1 Å². The third-order valence-electron chi connectivity index (χ3n) is 2.47. The molecule has 0 fully saturated rings. The summed E-state index contributed by atoms with van der Waals surface area (Å²) in [4.78, 5) is 10.1. The van der Waals surface area contributed by atoms with Crippen molar-refractivity contribution in [1.29, 1.82) is 0 Å². The lowest BCUT2D eigenvalue weighted by Gasteiger charge is -2.18. The van der Waals surface area contributed by atoms with Crippen LogP contribution in [-0.4, -0.2) is 11.0 Å². The van der Waals surface area contributed by atoms with Gasteiger partial charge in [0.25, 0.3) is 5.69 Å². The molecule has 0 aliphatic rings. The van der Waals surface area contributed by atoms with E-state index in [-0.39, 0.29) is 5.69 Å². The fourth-order valence-corrected chi connectivity index (χ4v) is 1.83. The number of non-ortho nitro benzene ring substituents is 1. The van der Waals surface area contributed by atoms with Crippen molar-refractivity contribution in [2.45, 2.75) is 33.2 Å². The minimum absolute atomic E-state index is 0.0181. The highest BCUT2D eigenvalue weighted by Crippen LogP contribution is 2.25. The summed E-state index contributed by atoms with van der Waals surface area (Å²) in [6.07, 6.45) is 1.02. The SMILES string of the molecule is CC(C)CC(C)Nc1ccc([N+](=O)[O-])cc1N. The normalized spacial score (nSPS) is 12.5. The molecule has 1 aromatic carbocycles. The van der Waals surface area contributed by atoms with Gasteiger partial charge in [0.2, 0.25) is 0 Å². The van der Waals surface area contributed by atoms with Gasteiger partial charge >= 0.3 is 0 Å². The summed E-state index contributed by atoms with van der Waals surface area (Å²) in [5.74, 6) is 0.594. The highest BCUT2D eigenvalue weighted by atomic mass is 16.6. The molecule has 0 amide bonds. The molecule has 0 radical (unpaired) electrons. The lowest BCUT2D eigenvalue weighted by atomic mass is 10.0. The molecule has 1 aromatic rings. The highest BCUT2D eigenvalue weighted by Gasteiger charge is 2.11. The zero-order valence-corrected chi connectivity index (χ0v) is 10.4.